The van der Waals surface area contributed by atoms with Crippen LogP contribution in [0.2, 0.25) is 0 Å². The molecular weight excluding hydrogens is 188 g/mol. The molecule has 1 rings (SSSR count). The van der Waals surface area contributed by atoms with Crippen LogP contribution in [0.25, 0.3) is 0 Å². The standard InChI is InChI=1S/C12H20N2O/c1-3-12(2,15)10-13-9-7-11-6-4-5-8-14-11/h4-6,8,13,15H,3,7,9-10H2,1-2H3. The van der Waals surface area contributed by atoms with E-state index in [1.165, 1.54) is 0 Å². The third kappa shape index (κ3) is 4.91. The Labute approximate surface area is 91.5 Å². The maximum absolute atomic E-state index is 9.74. The third-order valence-corrected chi connectivity index (χ3v) is 2.55. The summed E-state index contributed by atoms with van der Waals surface area (Å²) < 4.78 is 0. The van der Waals surface area contributed by atoms with Gasteiger partial charge in [-0.1, -0.05) is 13.0 Å². The summed E-state index contributed by atoms with van der Waals surface area (Å²) in [6.07, 6.45) is 3.47. The van der Waals surface area contributed by atoms with Crippen molar-refractivity contribution in [2.45, 2.75) is 32.3 Å². The topological polar surface area (TPSA) is 45.1 Å². The number of aromatic nitrogens is 1. The van der Waals surface area contributed by atoms with Gasteiger partial charge >= 0.3 is 0 Å². The molecule has 0 amide bonds. The van der Waals surface area contributed by atoms with Crippen molar-refractivity contribution in [3.8, 4) is 0 Å². The van der Waals surface area contributed by atoms with Gasteiger partial charge in [0.15, 0.2) is 0 Å². The third-order valence-electron chi connectivity index (χ3n) is 2.55. The molecular formula is C12H20N2O. The van der Waals surface area contributed by atoms with E-state index in [4.69, 9.17) is 0 Å². The van der Waals surface area contributed by atoms with Crippen LogP contribution in [-0.4, -0.2) is 28.8 Å². The number of aliphatic hydroxyl groups is 1. The highest BCUT2D eigenvalue weighted by atomic mass is 16.3. The average Bonchev–Trinajstić information content (AvgIpc) is 2.26. The van der Waals surface area contributed by atoms with E-state index in [2.05, 4.69) is 10.3 Å². The minimum atomic E-state index is -0.593. The Hall–Kier alpha value is -0.930. The van der Waals surface area contributed by atoms with Gasteiger partial charge < -0.3 is 10.4 Å². The molecule has 0 saturated carbocycles. The van der Waals surface area contributed by atoms with Gasteiger partial charge in [0, 0.05) is 31.4 Å². The lowest BCUT2D eigenvalue weighted by atomic mass is 10.0. The van der Waals surface area contributed by atoms with Crippen LogP contribution in [0.1, 0.15) is 26.0 Å². The van der Waals surface area contributed by atoms with E-state index in [1.54, 1.807) is 6.20 Å². The Kier molecular flexibility index (Phi) is 4.72. The number of hydrogen-bond donors (Lipinski definition) is 2. The molecule has 0 saturated heterocycles. The highest BCUT2D eigenvalue weighted by molar-refractivity contribution is 5.03. The van der Waals surface area contributed by atoms with E-state index < -0.39 is 5.60 Å². The van der Waals surface area contributed by atoms with Crippen molar-refractivity contribution in [3.05, 3.63) is 30.1 Å². The quantitative estimate of drug-likeness (QED) is 0.694. The zero-order valence-electron chi connectivity index (χ0n) is 9.53. The number of rotatable bonds is 6. The highest BCUT2D eigenvalue weighted by Gasteiger charge is 2.15. The van der Waals surface area contributed by atoms with Crippen LogP contribution in [0.4, 0.5) is 0 Å². The molecule has 0 fully saturated rings. The Morgan fingerprint density at radius 3 is 2.87 bits per heavy atom. The smallest absolute Gasteiger partial charge is 0.0740 e. The van der Waals surface area contributed by atoms with Crippen LogP contribution in [0.3, 0.4) is 0 Å². The van der Waals surface area contributed by atoms with Gasteiger partial charge in [-0.2, -0.15) is 0 Å². The van der Waals surface area contributed by atoms with Gasteiger partial charge in [0.2, 0.25) is 0 Å². The summed E-state index contributed by atoms with van der Waals surface area (Å²) in [6.45, 7) is 5.32. The molecule has 2 N–H and O–H groups in total. The van der Waals surface area contributed by atoms with E-state index in [-0.39, 0.29) is 0 Å². The van der Waals surface area contributed by atoms with Crippen molar-refractivity contribution in [3.63, 3.8) is 0 Å². The number of hydrogen-bond acceptors (Lipinski definition) is 3. The van der Waals surface area contributed by atoms with Gasteiger partial charge in [-0.3, -0.25) is 4.98 Å². The van der Waals surface area contributed by atoms with Crippen LogP contribution in [0.5, 0.6) is 0 Å². The first kappa shape index (κ1) is 12.1. The summed E-state index contributed by atoms with van der Waals surface area (Å²) in [7, 11) is 0. The molecule has 15 heavy (non-hydrogen) atoms. The highest BCUT2D eigenvalue weighted by Crippen LogP contribution is 2.05. The molecule has 3 heteroatoms. The molecule has 0 radical (unpaired) electrons. The minimum Gasteiger partial charge on any atom is -0.389 e. The number of nitrogens with one attached hydrogen (secondary N) is 1. The van der Waals surface area contributed by atoms with Gasteiger partial charge in [-0.15, -0.1) is 0 Å². The lowest BCUT2D eigenvalue weighted by Gasteiger charge is -2.21. The molecule has 1 aromatic rings. The Balaban J connectivity index is 2.18. The first-order chi connectivity index (χ1) is 7.14. The zero-order valence-corrected chi connectivity index (χ0v) is 9.53. The molecule has 0 aliphatic rings. The maximum Gasteiger partial charge on any atom is 0.0740 e. The van der Waals surface area contributed by atoms with Crippen molar-refractivity contribution in [1.82, 2.24) is 10.3 Å². The predicted molar refractivity (Wildman–Crippen MR) is 61.7 cm³/mol. The SMILES string of the molecule is CCC(C)(O)CNCCc1ccccn1. The lowest BCUT2D eigenvalue weighted by Crippen LogP contribution is -2.37. The van der Waals surface area contributed by atoms with Gasteiger partial charge in [-0.25, -0.2) is 0 Å². The van der Waals surface area contributed by atoms with Crippen LogP contribution in [0, 0.1) is 0 Å². The van der Waals surface area contributed by atoms with Crippen molar-refractivity contribution in [2.24, 2.45) is 0 Å². The Bertz CT molecular complexity index is 272. The number of nitrogens with zero attached hydrogens (tertiary/aromatic N) is 1. The largest absolute Gasteiger partial charge is 0.389 e. The van der Waals surface area contributed by atoms with Gasteiger partial charge in [0.25, 0.3) is 0 Å². The maximum atomic E-state index is 9.74. The second-order valence-electron chi connectivity index (χ2n) is 4.10. The second kappa shape index (κ2) is 5.83. The van der Waals surface area contributed by atoms with Gasteiger partial charge in [0.05, 0.1) is 5.60 Å². The Morgan fingerprint density at radius 2 is 2.27 bits per heavy atom. The summed E-state index contributed by atoms with van der Waals surface area (Å²) in [6, 6.07) is 5.92. The molecule has 0 spiro atoms. The average molecular weight is 208 g/mol. The van der Waals surface area contributed by atoms with Crippen molar-refractivity contribution >= 4 is 0 Å². The van der Waals surface area contributed by atoms with E-state index in [9.17, 15) is 5.11 Å². The molecule has 1 atom stereocenters. The van der Waals surface area contributed by atoms with E-state index in [0.717, 1.165) is 25.1 Å². The van der Waals surface area contributed by atoms with E-state index >= 15 is 0 Å². The second-order valence-corrected chi connectivity index (χ2v) is 4.10. The number of pyridine rings is 1. The van der Waals surface area contributed by atoms with Gasteiger partial charge in [-0.05, 0) is 25.5 Å². The fourth-order valence-electron chi connectivity index (χ4n) is 1.25. The lowest BCUT2D eigenvalue weighted by molar-refractivity contribution is 0.0561. The molecule has 1 aromatic heterocycles. The monoisotopic (exact) mass is 208 g/mol. The molecule has 0 aliphatic carbocycles. The van der Waals surface area contributed by atoms with Gasteiger partial charge in [0.1, 0.15) is 0 Å². The molecule has 3 nitrogen and oxygen atoms in total. The van der Waals surface area contributed by atoms with Crippen LogP contribution in [-0.2, 0) is 6.42 Å². The fourth-order valence-corrected chi connectivity index (χ4v) is 1.25. The first-order valence-electron chi connectivity index (χ1n) is 5.47. The first-order valence-corrected chi connectivity index (χ1v) is 5.47. The van der Waals surface area contributed by atoms with Crippen LogP contribution < -0.4 is 5.32 Å². The van der Waals surface area contributed by atoms with Crippen molar-refractivity contribution in [2.75, 3.05) is 13.1 Å². The van der Waals surface area contributed by atoms with Crippen LogP contribution >= 0.6 is 0 Å². The molecule has 0 bridgehead atoms. The normalized spacial score (nSPS) is 14.9. The molecule has 1 unspecified atom stereocenters. The summed E-state index contributed by atoms with van der Waals surface area (Å²) in [5, 5.41) is 13.0. The van der Waals surface area contributed by atoms with Crippen LogP contribution in [0.15, 0.2) is 24.4 Å². The molecule has 0 aliphatic heterocycles. The molecule has 0 aromatic carbocycles. The minimum absolute atomic E-state index is 0.593. The summed E-state index contributed by atoms with van der Waals surface area (Å²) in [5.41, 5.74) is 0.491. The zero-order chi connectivity index (χ0) is 11.1. The molecule has 1 heterocycles. The van der Waals surface area contributed by atoms with E-state index in [0.29, 0.717) is 6.54 Å². The van der Waals surface area contributed by atoms with E-state index in [1.807, 2.05) is 32.0 Å². The molecule has 84 valence electrons. The summed E-state index contributed by atoms with van der Waals surface area (Å²) in [5.74, 6) is 0. The van der Waals surface area contributed by atoms with Crippen molar-refractivity contribution in [1.29, 1.82) is 0 Å². The predicted octanol–water partition coefficient (Wildman–Crippen LogP) is 1.37. The summed E-state index contributed by atoms with van der Waals surface area (Å²) >= 11 is 0. The summed E-state index contributed by atoms with van der Waals surface area (Å²) in [4.78, 5) is 4.23. The fraction of sp³-hybridized carbons (Fsp3) is 0.583. The van der Waals surface area contributed by atoms with Crippen molar-refractivity contribution < 1.29 is 5.11 Å². The Morgan fingerprint density at radius 1 is 1.47 bits per heavy atom.